The Bertz CT molecular complexity index is 670. The lowest BCUT2D eigenvalue weighted by atomic mass is 10.0. The van der Waals surface area contributed by atoms with Crippen LogP contribution in [0.1, 0.15) is 34.2 Å². The third-order valence-electron chi connectivity index (χ3n) is 4.05. The van der Waals surface area contributed by atoms with Crippen LogP contribution in [0.2, 0.25) is 0 Å². The van der Waals surface area contributed by atoms with Gasteiger partial charge in [-0.25, -0.2) is 9.97 Å². The van der Waals surface area contributed by atoms with Crippen molar-refractivity contribution in [2.24, 2.45) is 12.0 Å². The Kier molecular flexibility index (Phi) is 6.96. The number of nitrogens with zero attached hydrogens (tertiary/aromatic N) is 6. The second-order valence-electron chi connectivity index (χ2n) is 5.74. The van der Waals surface area contributed by atoms with Crippen LogP contribution in [0.4, 0.5) is 0 Å². The number of halogens is 1. The molecule has 1 aliphatic rings. The molecule has 2 heterocycles. The first-order chi connectivity index (χ1) is 11.2. The number of aryl methyl sites for hydroxylation is 3. The van der Waals surface area contributed by atoms with Gasteiger partial charge in [0.15, 0.2) is 5.96 Å². The third kappa shape index (κ3) is 4.44. The van der Waals surface area contributed by atoms with Gasteiger partial charge in [0.25, 0.3) is 0 Å². The molecule has 0 amide bonds. The molecule has 0 bridgehead atoms. The molecular weight excluding hydrogens is 437 g/mol. The summed E-state index contributed by atoms with van der Waals surface area (Å²) in [5.41, 5.74) is 1.31. The van der Waals surface area contributed by atoms with Crippen LogP contribution in [-0.4, -0.2) is 44.7 Å². The molecule has 0 aliphatic heterocycles. The number of thiazole rings is 1. The minimum atomic E-state index is 0. The highest BCUT2D eigenvalue weighted by molar-refractivity contribution is 14.0. The molecule has 2 aromatic heterocycles. The summed E-state index contributed by atoms with van der Waals surface area (Å²) in [5, 5.41) is 8.57. The normalized spacial score (nSPS) is 14.0. The van der Waals surface area contributed by atoms with Crippen molar-refractivity contribution in [1.82, 2.24) is 30.0 Å². The molecule has 1 N–H and O–H groups in total. The molecule has 0 saturated heterocycles. The summed E-state index contributed by atoms with van der Waals surface area (Å²) in [5.74, 6) is 1.71. The molecule has 7 nitrogen and oxygen atoms in total. The molecule has 0 saturated carbocycles. The second kappa shape index (κ2) is 8.75. The zero-order valence-corrected chi connectivity index (χ0v) is 17.5. The molecule has 0 atom stereocenters. The van der Waals surface area contributed by atoms with Crippen LogP contribution < -0.4 is 5.32 Å². The fraction of sp³-hybridized carbons (Fsp3) is 0.600. The van der Waals surface area contributed by atoms with E-state index in [0.717, 1.165) is 24.7 Å². The van der Waals surface area contributed by atoms with Gasteiger partial charge in [-0.05, 0) is 25.7 Å². The number of aliphatic imine (C=N–C) groups is 1. The van der Waals surface area contributed by atoms with Crippen molar-refractivity contribution in [2.45, 2.75) is 38.8 Å². The van der Waals surface area contributed by atoms with Gasteiger partial charge in [-0.15, -0.1) is 35.3 Å². The minimum Gasteiger partial charge on any atom is -0.349 e. The Hall–Kier alpha value is -1.23. The molecule has 1 aliphatic carbocycles. The Labute approximate surface area is 163 Å². The summed E-state index contributed by atoms with van der Waals surface area (Å²) in [6.45, 7) is 1.37. The summed E-state index contributed by atoms with van der Waals surface area (Å²) in [6.07, 6.45) is 6.45. The summed E-state index contributed by atoms with van der Waals surface area (Å²) < 4.78 is 1.76. The van der Waals surface area contributed by atoms with E-state index in [0.29, 0.717) is 6.54 Å². The largest absolute Gasteiger partial charge is 0.349 e. The van der Waals surface area contributed by atoms with E-state index < -0.39 is 0 Å². The quantitative estimate of drug-likeness (QED) is 0.429. The van der Waals surface area contributed by atoms with Gasteiger partial charge in [0.05, 0.1) is 18.8 Å². The van der Waals surface area contributed by atoms with Crippen molar-refractivity contribution in [2.75, 3.05) is 14.1 Å². The van der Waals surface area contributed by atoms with Crippen LogP contribution in [0.15, 0.2) is 11.3 Å². The van der Waals surface area contributed by atoms with Gasteiger partial charge in [-0.2, -0.15) is 5.10 Å². The van der Waals surface area contributed by atoms with Crippen LogP contribution in [0.5, 0.6) is 0 Å². The van der Waals surface area contributed by atoms with Crippen molar-refractivity contribution < 1.29 is 0 Å². The van der Waals surface area contributed by atoms with E-state index in [1.807, 2.05) is 25.4 Å². The van der Waals surface area contributed by atoms with E-state index in [2.05, 4.69) is 25.3 Å². The number of guanidine groups is 1. The van der Waals surface area contributed by atoms with Gasteiger partial charge in [0.2, 0.25) is 0 Å². The van der Waals surface area contributed by atoms with Gasteiger partial charge in [0, 0.05) is 26.0 Å². The lowest BCUT2D eigenvalue weighted by Gasteiger charge is -2.20. The van der Waals surface area contributed by atoms with Gasteiger partial charge >= 0.3 is 0 Å². The summed E-state index contributed by atoms with van der Waals surface area (Å²) in [6, 6.07) is 0. The average molecular weight is 461 g/mol. The Morgan fingerprint density at radius 3 is 2.88 bits per heavy atom. The maximum atomic E-state index is 4.80. The highest BCUT2D eigenvalue weighted by Gasteiger charge is 2.17. The Morgan fingerprint density at radius 2 is 2.21 bits per heavy atom. The van der Waals surface area contributed by atoms with E-state index in [-0.39, 0.29) is 24.0 Å². The highest BCUT2D eigenvalue weighted by Crippen LogP contribution is 2.27. The topological polar surface area (TPSA) is 71.2 Å². The van der Waals surface area contributed by atoms with E-state index in [4.69, 9.17) is 4.98 Å². The molecule has 9 heteroatoms. The predicted octanol–water partition coefficient (Wildman–Crippen LogP) is 1.98. The number of hydrogen-bond donors (Lipinski definition) is 1. The zero-order chi connectivity index (χ0) is 16.2. The molecular formula is C15H24IN7S. The fourth-order valence-corrected chi connectivity index (χ4v) is 3.98. The molecule has 0 fully saturated rings. The molecule has 0 aromatic carbocycles. The van der Waals surface area contributed by atoms with Crippen molar-refractivity contribution in [3.05, 3.63) is 27.7 Å². The molecule has 2 aromatic rings. The van der Waals surface area contributed by atoms with E-state index in [1.54, 1.807) is 18.1 Å². The average Bonchev–Trinajstić information content (AvgIpc) is 3.13. The first-order valence-electron chi connectivity index (χ1n) is 7.89. The molecule has 0 spiro atoms. The number of rotatable bonds is 4. The molecule has 0 radical (unpaired) electrons. The van der Waals surface area contributed by atoms with Crippen molar-refractivity contribution in [1.29, 1.82) is 0 Å². The smallest absolute Gasteiger partial charge is 0.194 e. The Balaban J connectivity index is 0.00000208. The SMILES string of the molecule is CN=C(NCc1ncnn1C)N(C)Cc1nc2c(s1)CCCC2.I. The minimum absolute atomic E-state index is 0. The van der Waals surface area contributed by atoms with Crippen LogP contribution >= 0.6 is 35.3 Å². The van der Waals surface area contributed by atoms with E-state index in [9.17, 15) is 0 Å². The number of hydrogen-bond acceptors (Lipinski definition) is 5. The van der Waals surface area contributed by atoms with Gasteiger partial charge < -0.3 is 10.2 Å². The lowest BCUT2D eigenvalue weighted by Crippen LogP contribution is -2.38. The monoisotopic (exact) mass is 461 g/mol. The van der Waals surface area contributed by atoms with Gasteiger partial charge in [0.1, 0.15) is 17.2 Å². The maximum absolute atomic E-state index is 4.80. The van der Waals surface area contributed by atoms with E-state index >= 15 is 0 Å². The van der Waals surface area contributed by atoms with Crippen molar-refractivity contribution >= 4 is 41.3 Å². The predicted molar refractivity (Wildman–Crippen MR) is 107 cm³/mol. The summed E-state index contributed by atoms with van der Waals surface area (Å²) >= 11 is 1.85. The van der Waals surface area contributed by atoms with Crippen LogP contribution in [-0.2, 0) is 33.0 Å². The first kappa shape index (κ1) is 19.1. The standard InChI is InChI=1S/C15H23N7S.HI/c1-16-15(17-8-13-18-10-19-22(13)3)21(2)9-14-20-11-6-4-5-7-12(11)23-14;/h10H,4-9H2,1-3H3,(H,16,17);1H. The summed E-state index contributed by atoms with van der Waals surface area (Å²) in [4.78, 5) is 16.9. The van der Waals surface area contributed by atoms with Crippen LogP contribution in [0.25, 0.3) is 0 Å². The van der Waals surface area contributed by atoms with Crippen LogP contribution in [0.3, 0.4) is 0 Å². The second-order valence-corrected chi connectivity index (χ2v) is 6.91. The zero-order valence-electron chi connectivity index (χ0n) is 14.3. The highest BCUT2D eigenvalue weighted by atomic mass is 127. The molecule has 3 rings (SSSR count). The number of nitrogens with one attached hydrogen (secondary N) is 1. The molecule has 132 valence electrons. The van der Waals surface area contributed by atoms with Crippen LogP contribution in [0, 0.1) is 0 Å². The fourth-order valence-electron chi connectivity index (χ4n) is 2.77. The first-order valence-corrected chi connectivity index (χ1v) is 8.71. The van der Waals surface area contributed by atoms with Gasteiger partial charge in [-0.3, -0.25) is 9.67 Å². The van der Waals surface area contributed by atoms with Gasteiger partial charge in [-0.1, -0.05) is 0 Å². The number of fused-ring (bicyclic) bond motifs is 1. The van der Waals surface area contributed by atoms with E-state index in [1.165, 1.54) is 34.8 Å². The van der Waals surface area contributed by atoms with Crippen molar-refractivity contribution in [3.63, 3.8) is 0 Å². The lowest BCUT2D eigenvalue weighted by molar-refractivity contribution is 0.472. The number of aromatic nitrogens is 4. The summed E-state index contributed by atoms with van der Waals surface area (Å²) in [7, 11) is 5.71. The maximum Gasteiger partial charge on any atom is 0.194 e. The molecule has 0 unspecified atom stereocenters. The molecule has 24 heavy (non-hydrogen) atoms. The Morgan fingerprint density at radius 1 is 1.42 bits per heavy atom. The third-order valence-corrected chi connectivity index (χ3v) is 5.19. The van der Waals surface area contributed by atoms with Crippen molar-refractivity contribution in [3.8, 4) is 0 Å².